The Balaban J connectivity index is 3.72. The smallest absolute Gasteiger partial charge is 0.329 e. The third-order valence-electron chi connectivity index (χ3n) is 0.594. The highest BCUT2D eigenvalue weighted by Crippen LogP contribution is 1.97. The summed E-state index contributed by atoms with van der Waals surface area (Å²) in [5.41, 5.74) is 0.683. The van der Waals surface area contributed by atoms with E-state index in [2.05, 4.69) is 4.74 Å². The molecule has 0 fully saturated rings. The first kappa shape index (κ1) is 6.34. The van der Waals surface area contributed by atoms with Gasteiger partial charge in [-0.3, -0.25) is 0 Å². The average molecular weight is 101 g/mol. The zero-order chi connectivity index (χ0) is 5.86. The average Bonchev–Trinajstić information content (AvgIpc) is 1.65. The van der Waals surface area contributed by atoms with E-state index in [1.807, 2.05) is 0 Å². The fourth-order valence-corrected chi connectivity index (χ4v) is 0.204. The SMILES string of the molecule is COC([O])=C(C)C. The van der Waals surface area contributed by atoms with E-state index in [0.717, 1.165) is 0 Å². The van der Waals surface area contributed by atoms with Gasteiger partial charge in [-0.1, -0.05) is 0 Å². The highest BCUT2D eigenvalue weighted by atomic mass is 16.6. The fraction of sp³-hybridized carbons (Fsp3) is 0.600. The van der Waals surface area contributed by atoms with Gasteiger partial charge in [0.15, 0.2) is 0 Å². The van der Waals surface area contributed by atoms with Gasteiger partial charge in [-0.25, -0.2) is 5.11 Å². The number of hydrogen-bond acceptors (Lipinski definition) is 1. The molecule has 0 atom stereocenters. The summed E-state index contributed by atoms with van der Waals surface area (Å²) in [5.74, 6) is -0.236. The van der Waals surface area contributed by atoms with Crippen molar-refractivity contribution in [1.82, 2.24) is 0 Å². The summed E-state index contributed by atoms with van der Waals surface area (Å²) in [4.78, 5) is 0. The van der Waals surface area contributed by atoms with Gasteiger partial charge in [0.25, 0.3) is 0 Å². The summed E-state index contributed by atoms with van der Waals surface area (Å²) in [6, 6.07) is 0. The monoisotopic (exact) mass is 101 g/mol. The molecule has 7 heavy (non-hydrogen) atoms. The quantitative estimate of drug-likeness (QED) is 0.458. The van der Waals surface area contributed by atoms with Crippen molar-refractivity contribution in [1.29, 1.82) is 0 Å². The first-order valence-corrected chi connectivity index (χ1v) is 2.07. The summed E-state index contributed by atoms with van der Waals surface area (Å²) >= 11 is 0. The van der Waals surface area contributed by atoms with Crippen molar-refractivity contribution < 1.29 is 9.84 Å². The first-order chi connectivity index (χ1) is 3.18. The molecule has 0 unspecified atom stereocenters. The number of allylic oxidation sites excluding steroid dienone is 1. The summed E-state index contributed by atoms with van der Waals surface area (Å²) < 4.78 is 4.34. The number of hydrogen-bond donors (Lipinski definition) is 0. The maximum Gasteiger partial charge on any atom is 0.329 e. The molecule has 0 amide bonds. The third-order valence-corrected chi connectivity index (χ3v) is 0.594. The normalized spacial score (nSPS) is 7.86. The van der Waals surface area contributed by atoms with Crippen LogP contribution in [-0.4, -0.2) is 7.11 Å². The van der Waals surface area contributed by atoms with Crippen LogP contribution in [0, 0.1) is 0 Å². The molecule has 0 N–H and O–H groups in total. The summed E-state index contributed by atoms with van der Waals surface area (Å²) in [7, 11) is 1.37. The first-order valence-electron chi connectivity index (χ1n) is 2.07. The Morgan fingerprint density at radius 3 is 1.86 bits per heavy atom. The van der Waals surface area contributed by atoms with E-state index in [-0.39, 0.29) is 5.95 Å². The predicted molar refractivity (Wildman–Crippen MR) is 26.1 cm³/mol. The molecule has 0 bridgehead atoms. The van der Waals surface area contributed by atoms with Crippen LogP contribution in [-0.2, 0) is 9.84 Å². The molecule has 41 valence electrons. The highest BCUT2D eigenvalue weighted by Gasteiger charge is 1.91. The van der Waals surface area contributed by atoms with Crippen LogP contribution in [0.2, 0.25) is 0 Å². The highest BCUT2D eigenvalue weighted by molar-refractivity contribution is 4.92. The van der Waals surface area contributed by atoms with Crippen molar-refractivity contribution in [2.24, 2.45) is 0 Å². The van der Waals surface area contributed by atoms with Gasteiger partial charge in [-0.2, -0.15) is 0 Å². The molecule has 0 aliphatic carbocycles. The molecule has 0 heterocycles. The van der Waals surface area contributed by atoms with Gasteiger partial charge in [0.1, 0.15) is 0 Å². The summed E-state index contributed by atoms with van der Waals surface area (Å²) in [5, 5.41) is 10.3. The van der Waals surface area contributed by atoms with Crippen molar-refractivity contribution >= 4 is 0 Å². The van der Waals surface area contributed by atoms with Gasteiger partial charge in [-0.15, -0.1) is 0 Å². The van der Waals surface area contributed by atoms with Crippen molar-refractivity contribution in [3.63, 3.8) is 0 Å². The Morgan fingerprint density at radius 2 is 1.86 bits per heavy atom. The second kappa shape index (κ2) is 2.50. The van der Waals surface area contributed by atoms with Gasteiger partial charge in [-0.05, 0) is 13.8 Å². The summed E-state index contributed by atoms with van der Waals surface area (Å²) in [6.07, 6.45) is 0. The van der Waals surface area contributed by atoms with Crippen LogP contribution < -0.4 is 0 Å². The van der Waals surface area contributed by atoms with E-state index in [1.54, 1.807) is 13.8 Å². The lowest BCUT2D eigenvalue weighted by atomic mass is 10.4. The zero-order valence-corrected chi connectivity index (χ0v) is 4.82. The molecule has 1 radical (unpaired) electrons. The molecule has 0 saturated carbocycles. The Bertz CT molecular complexity index is 80.1. The lowest BCUT2D eigenvalue weighted by Crippen LogP contribution is -1.82. The van der Waals surface area contributed by atoms with Crippen LogP contribution in [0.5, 0.6) is 0 Å². The van der Waals surface area contributed by atoms with Crippen LogP contribution in [0.25, 0.3) is 0 Å². The zero-order valence-electron chi connectivity index (χ0n) is 4.82. The standard InChI is InChI=1S/C5H9O2/c1-4(2)5(6)7-3/h1-3H3. The van der Waals surface area contributed by atoms with Crippen LogP contribution in [0.15, 0.2) is 11.5 Å². The molecule has 0 aromatic carbocycles. The molecule has 0 aliphatic rings. The van der Waals surface area contributed by atoms with Gasteiger partial charge in [0.2, 0.25) is 0 Å². The molecular weight excluding hydrogens is 92.1 g/mol. The minimum absolute atomic E-state index is 0.236. The van der Waals surface area contributed by atoms with E-state index < -0.39 is 0 Å². The molecule has 0 aromatic rings. The molecule has 0 saturated heterocycles. The molecule has 0 rings (SSSR count). The van der Waals surface area contributed by atoms with Crippen molar-refractivity contribution in [2.45, 2.75) is 13.8 Å². The van der Waals surface area contributed by atoms with Gasteiger partial charge in [0.05, 0.1) is 7.11 Å². The molecule has 0 aromatic heterocycles. The lowest BCUT2D eigenvalue weighted by molar-refractivity contribution is 0.0819. The molecule has 0 spiro atoms. The fourth-order valence-electron chi connectivity index (χ4n) is 0.204. The van der Waals surface area contributed by atoms with Crippen molar-refractivity contribution in [2.75, 3.05) is 7.11 Å². The van der Waals surface area contributed by atoms with Crippen LogP contribution in [0.1, 0.15) is 13.8 Å². The maximum absolute atomic E-state index is 10.3. The third kappa shape index (κ3) is 2.09. The number of rotatable bonds is 1. The van der Waals surface area contributed by atoms with E-state index in [0.29, 0.717) is 5.57 Å². The molecule has 2 heteroatoms. The van der Waals surface area contributed by atoms with E-state index >= 15 is 0 Å². The van der Waals surface area contributed by atoms with Crippen LogP contribution in [0.4, 0.5) is 0 Å². The van der Waals surface area contributed by atoms with Gasteiger partial charge >= 0.3 is 5.95 Å². The topological polar surface area (TPSA) is 29.1 Å². The van der Waals surface area contributed by atoms with Crippen molar-refractivity contribution in [3.8, 4) is 0 Å². The predicted octanol–water partition coefficient (Wildman–Crippen LogP) is 1.31. The van der Waals surface area contributed by atoms with Crippen LogP contribution >= 0.6 is 0 Å². The second-order valence-electron chi connectivity index (χ2n) is 1.49. The molecule has 2 nitrogen and oxygen atoms in total. The van der Waals surface area contributed by atoms with E-state index in [4.69, 9.17) is 0 Å². The van der Waals surface area contributed by atoms with E-state index in [9.17, 15) is 5.11 Å². The van der Waals surface area contributed by atoms with Crippen molar-refractivity contribution in [3.05, 3.63) is 11.5 Å². The van der Waals surface area contributed by atoms with Gasteiger partial charge < -0.3 is 4.74 Å². The largest absolute Gasteiger partial charge is 0.466 e. The second-order valence-corrected chi connectivity index (χ2v) is 1.49. The Kier molecular flexibility index (Phi) is 2.27. The lowest BCUT2D eigenvalue weighted by Gasteiger charge is -1.91. The number of methoxy groups -OCH3 is 1. The number of ether oxygens (including phenoxy) is 1. The molecule has 0 aliphatic heterocycles. The minimum atomic E-state index is -0.236. The minimum Gasteiger partial charge on any atom is -0.466 e. The van der Waals surface area contributed by atoms with Crippen LogP contribution in [0.3, 0.4) is 0 Å². The van der Waals surface area contributed by atoms with Gasteiger partial charge in [0, 0.05) is 5.57 Å². The Morgan fingerprint density at radius 1 is 1.43 bits per heavy atom. The molecular formula is C5H9O2. The van der Waals surface area contributed by atoms with E-state index in [1.165, 1.54) is 7.11 Å². The Labute approximate surface area is 43.4 Å². The maximum atomic E-state index is 10.3. The Hall–Kier alpha value is -0.660. The summed E-state index contributed by atoms with van der Waals surface area (Å²) in [6.45, 7) is 3.43.